The highest BCUT2D eigenvalue weighted by atomic mass is 79.9. The van der Waals surface area contributed by atoms with E-state index in [2.05, 4.69) is 21.2 Å². The van der Waals surface area contributed by atoms with Gasteiger partial charge in [-0.05, 0) is 29.0 Å². The minimum absolute atomic E-state index is 0.577. The molecule has 3 nitrogen and oxygen atoms in total. The number of anilines is 1. The lowest BCUT2D eigenvalue weighted by atomic mass is 10.1. The van der Waals surface area contributed by atoms with Crippen LogP contribution < -0.4 is 5.32 Å². The van der Waals surface area contributed by atoms with Crippen molar-refractivity contribution in [2.24, 2.45) is 0 Å². The number of hydrogen-bond donors (Lipinski definition) is 2. The number of hydrogen-bond acceptors (Lipinski definition) is 1. The van der Waals surface area contributed by atoms with E-state index in [1.807, 2.05) is 24.3 Å². The SMILES string of the molecule is O=C(O)Nc1ccc2c(Br)cccc2c1. The molecule has 0 saturated carbocycles. The molecule has 0 spiro atoms. The average Bonchev–Trinajstić information content (AvgIpc) is 2.17. The number of carbonyl (C=O) groups is 1. The Labute approximate surface area is 94.9 Å². The van der Waals surface area contributed by atoms with E-state index in [1.54, 1.807) is 12.1 Å². The van der Waals surface area contributed by atoms with Gasteiger partial charge in [-0.15, -0.1) is 0 Å². The van der Waals surface area contributed by atoms with Gasteiger partial charge in [-0.3, -0.25) is 5.32 Å². The molecule has 76 valence electrons. The largest absolute Gasteiger partial charge is 0.465 e. The summed E-state index contributed by atoms with van der Waals surface area (Å²) in [6.07, 6.45) is -1.05. The highest BCUT2D eigenvalue weighted by molar-refractivity contribution is 9.10. The summed E-state index contributed by atoms with van der Waals surface area (Å²) in [5.41, 5.74) is 0.577. The molecule has 15 heavy (non-hydrogen) atoms. The van der Waals surface area contributed by atoms with Crippen LogP contribution in [0.25, 0.3) is 10.8 Å². The minimum Gasteiger partial charge on any atom is -0.465 e. The zero-order valence-corrected chi connectivity index (χ0v) is 9.28. The molecule has 0 radical (unpaired) electrons. The number of fused-ring (bicyclic) bond motifs is 1. The minimum atomic E-state index is -1.05. The maximum Gasteiger partial charge on any atom is 0.409 e. The number of rotatable bonds is 1. The first-order valence-corrected chi connectivity index (χ1v) is 5.14. The molecular weight excluding hydrogens is 258 g/mol. The summed E-state index contributed by atoms with van der Waals surface area (Å²) < 4.78 is 1.00. The molecule has 1 amide bonds. The second-order valence-electron chi connectivity index (χ2n) is 3.11. The second-order valence-corrected chi connectivity index (χ2v) is 3.96. The molecule has 0 aliphatic heterocycles. The van der Waals surface area contributed by atoms with Crippen molar-refractivity contribution in [3.63, 3.8) is 0 Å². The van der Waals surface area contributed by atoms with E-state index < -0.39 is 6.09 Å². The first kappa shape index (κ1) is 9.98. The maximum atomic E-state index is 10.5. The topological polar surface area (TPSA) is 49.3 Å². The van der Waals surface area contributed by atoms with E-state index in [0.29, 0.717) is 5.69 Å². The van der Waals surface area contributed by atoms with Gasteiger partial charge >= 0.3 is 6.09 Å². The van der Waals surface area contributed by atoms with Gasteiger partial charge < -0.3 is 5.11 Å². The molecule has 0 aliphatic carbocycles. The molecule has 0 fully saturated rings. The maximum absolute atomic E-state index is 10.5. The monoisotopic (exact) mass is 265 g/mol. The molecule has 0 bridgehead atoms. The number of nitrogens with one attached hydrogen (secondary N) is 1. The van der Waals surface area contributed by atoms with Gasteiger partial charge in [0.2, 0.25) is 0 Å². The van der Waals surface area contributed by atoms with E-state index in [1.165, 1.54) is 0 Å². The van der Waals surface area contributed by atoms with Crippen molar-refractivity contribution in [1.29, 1.82) is 0 Å². The van der Waals surface area contributed by atoms with Crippen LogP contribution in [0.1, 0.15) is 0 Å². The first-order valence-electron chi connectivity index (χ1n) is 4.35. The van der Waals surface area contributed by atoms with Crippen molar-refractivity contribution in [3.05, 3.63) is 40.9 Å². The lowest BCUT2D eigenvalue weighted by Gasteiger charge is -2.04. The molecule has 2 N–H and O–H groups in total. The molecular formula is C11H8BrNO2. The van der Waals surface area contributed by atoms with Crippen LogP contribution in [0.2, 0.25) is 0 Å². The van der Waals surface area contributed by atoms with Gasteiger partial charge in [-0.2, -0.15) is 0 Å². The highest BCUT2D eigenvalue weighted by Gasteiger charge is 2.01. The fourth-order valence-corrected chi connectivity index (χ4v) is 1.96. The van der Waals surface area contributed by atoms with Crippen LogP contribution in [0.4, 0.5) is 10.5 Å². The van der Waals surface area contributed by atoms with E-state index >= 15 is 0 Å². The van der Waals surface area contributed by atoms with E-state index in [9.17, 15) is 4.79 Å². The van der Waals surface area contributed by atoms with Crippen molar-refractivity contribution in [2.45, 2.75) is 0 Å². The molecule has 0 aromatic heterocycles. The first-order chi connectivity index (χ1) is 7.16. The number of amides is 1. The van der Waals surface area contributed by atoms with Gasteiger partial charge in [0.25, 0.3) is 0 Å². The third kappa shape index (κ3) is 2.10. The Morgan fingerprint density at radius 3 is 2.80 bits per heavy atom. The van der Waals surface area contributed by atoms with Crippen molar-refractivity contribution in [2.75, 3.05) is 5.32 Å². The Balaban J connectivity index is 2.52. The van der Waals surface area contributed by atoms with Gasteiger partial charge in [0.05, 0.1) is 0 Å². The lowest BCUT2D eigenvalue weighted by Crippen LogP contribution is -2.06. The molecule has 2 aromatic rings. The lowest BCUT2D eigenvalue weighted by molar-refractivity contribution is 0.210. The summed E-state index contributed by atoms with van der Waals surface area (Å²) >= 11 is 3.44. The van der Waals surface area contributed by atoms with Crippen molar-refractivity contribution < 1.29 is 9.90 Å². The Bertz CT molecular complexity index is 525. The van der Waals surface area contributed by atoms with E-state index in [-0.39, 0.29) is 0 Å². The Kier molecular flexibility index (Phi) is 2.60. The molecule has 0 unspecified atom stereocenters. The van der Waals surface area contributed by atoms with Crippen molar-refractivity contribution in [1.82, 2.24) is 0 Å². The van der Waals surface area contributed by atoms with Crippen LogP contribution in [0.15, 0.2) is 40.9 Å². The predicted octanol–water partition coefficient (Wildman–Crippen LogP) is 3.69. The standard InChI is InChI=1S/C11H8BrNO2/c12-10-3-1-2-7-6-8(13-11(14)15)4-5-9(7)10/h1-6,13H,(H,14,15). The molecule has 4 heteroatoms. The number of benzene rings is 2. The van der Waals surface area contributed by atoms with Crippen LogP contribution in [0.5, 0.6) is 0 Å². The number of carboxylic acid groups (broad SMARTS) is 1. The van der Waals surface area contributed by atoms with Gasteiger partial charge in [-0.1, -0.05) is 34.1 Å². The molecule has 0 atom stereocenters. The molecule has 0 aliphatic rings. The third-order valence-corrected chi connectivity index (χ3v) is 2.77. The summed E-state index contributed by atoms with van der Waals surface area (Å²) in [7, 11) is 0. The summed E-state index contributed by atoms with van der Waals surface area (Å²) in [4.78, 5) is 10.5. The van der Waals surface area contributed by atoms with E-state index in [0.717, 1.165) is 15.2 Å². The molecule has 0 saturated heterocycles. The highest BCUT2D eigenvalue weighted by Crippen LogP contribution is 2.26. The Hall–Kier alpha value is -1.55. The summed E-state index contributed by atoms with van der Waals surface area (Å²) in [6.45, 7) is 0. The Morgan fingerprint density at radius 1 is 1.27 bits per heavy atom. The van der Waals surface area contributed by atoms with Gasteiger partial charge in [-0.25, -0.2) is 4.79 Å². The van der Waals surface area contributed by atoms with Crippen molar-refractivity contribution in [3.8, 4) is 0 Å². The summed E-state index contributed by atoms with van der Waals surface area (Å²) in [5.74, 6) is 0. The predicted molar refractivity (Wildman–Crippen MR) is 63.3 cm³/mol. The van der Waals surface area contributed by atoms with Crippen LogP contribution in [-0.4, -0.2) is 11.2 Å². The zero-order chi connectivity index (χ0) is 10.8. The average molecular weight is 266 g/mol. The molecule has 2 aromatic carbocycles. The van der Waals surface area contributed by atoms with Crippen LogP contribution >= 0.6 is 15.9 Å². The van der Waals surface area contributed by atoms with E-state index in [4.69, 9.17) is 5.11 Å². The number of halogens is 1. The molecule has 0 heterocycles. The smallest absolute Gasteiger partial charge is 0.409 e. The van der Waals surface area contributed by atoms with Crippen LogP contribution in [0.3, 0.4) is 0 Å². The fraction of sp³-hybridized carbons (Fsp3) is 0. The van der Waals surface area contributed by atoms with Gasteiger partial charge in [0.1, 0.15) is 0 Å². The Morgan fingerprint density at radius 2 is 2.07 bits per heavy atom. The fourth-order valence-electron chi connectivity index (χ4n) is 1.45. The van der Waals surface area contributed by atoms with Crippen LogP contribution in [-0.2, 0) is 0 Å². The molecule has 2 rings (SSSR count). The van der Waals surface area contributed by atoms with Gasteiger partial charge in [0, 0.05) is 10.2 Å². The summed E-state index contributed by atoms with van der Waals surface area (Å²) in [6, 6.07) is 11.2. The van der Waals surface area contributed by atoms with Crippen LogP contribution in [0, 0.1) is 0 Å². The third-order valence-electron chi connectivity index (χ3n) is 2.08. The van der Waals surface area contributed by atoms with Gasteiger partial charge in [0.15, 0.2) is 0 Å². The quantitative estimate of drug-likeness (QED) is 0.826. The zero-order valence-electron chi connectivity index (χ0n) is 7.70. The second kappa shape index (κ2) is 3.90. The summed E-state index contributed by atoms with van der Waals surface area (Å²) in [5, 5.41) is 13.0. The van der Waals surface area contributed by atoms with Crippen molar-refractivity contribution >= 4 is 38.5 Å². The normalized spacial score (nSPS) is 10.2.